The van der Waals surface area contributed by atoms with Crippen LogP contribution in [0.4, 0.5) is 0 Å². The Hall–Kier alpha value is -1.56. The molecule has 0 fully saturated rings. The van der Waals surface area contributed by atoms with Crippen molar-refractivity contribution in [3.8, 4) is 0 Å². The highest BCUT2D eigenvalue weighted by molar-refractivity contribution is 5.89. The zero-order valence-corrected chi connectivity index (χ0v) is 15.3. The van der Waals surface area contributed by atoms with Crippen molar-refractivity contribution in [1.82, 2.24) is 0 Å². The Morgan fingerprint density at radius 1 is 1.08 bits per heavy atom. The fraction of sp³-hybridized carbons (Fsp3) is 0.579. The second-order valence-electron chi connectivity index (χ2n) is 6.57. The highest BCUT2D eigenvalue weighted by atomic mass is 16.6. The summed E-state index contributed by atoms with van der Waals surface area (Å²) in [6, 6.07) is 0. The van der Waals surface area contributed by atoms with Crippen LogP contribution >= 0.6 is 0 Å². The van der Waals surface area contributed by atoms with Crippen molar-refractivity contribution < 1.29 is 24.5 Å². The van der Waals surface area contributed by atoms with Crippen LogP contribution in [0, 0.1) is 0 Å². The van der Waals surface area contributed by atoms with E-state index in [1.165, 1.54) is 25.2 Å². The third-order valence-electron chi connectivity index (χ3n) is 2.99. The highest BCUT2D eigenvalue weighted by Gasteiger charge is 2.18. The highest BCUT2D eigenvalue weighted by Crippen LogP contribution is 2.17. The lowest BCUT2D eigenvalue weighted by atomic mass is 10.0. The summed E-state index contributed by atoms with van der Waals surface area (Å²) in [7, 11) is 0. The number of aliphatic hydroxyl groups excluding tert-OH is 2. The summed E-state index contributed by atoms with van der Waals surface area (Å²) in [5, 5.41) is 20.1. The number of aliphatic hydroxyl groups is 2. The van der Waals surface area contributed by atoms with Gasteiger partial charge in [0.05, 0.1) is 11.7 Å². The maximum absolute atomic E-state index is 11.3. The molecule has 0 bridgehead atoms. The molecule has 136 valence electrons. The average molecular weight is 338 g/mol. The maximum atomic E-state index is 11.3. The van der Waals surface area contributed by atoms with Crippen molar-refractivity contribution in [3.63, 3.8) is 0 Å². The van der Waals surface area contributed by atoms with E-state index in [1.54, 1.807) is 19.1 Å². The van der Waals surface area contributed by atoms with E-state index in [-0.39, 0.29) is 24.4 Å². The van der Waals surface area contributed by atoms with E-state index < -0.39 is 18.0 Å². The first-order valence-electron chi connectivity index (χ1n) is 8.19. The second-order valence-corrected chi connectivity index (χ2v) is 6.57. The molecule has 0 saturated carbocycles. The lowest BCUT2D eigenvalue weighted by Crippen LogP contribution is -2.28. The first kappa shape index (κ1) is 22.4. The van der Waals surface area contributed by atoms with Crippen molar-refractivity contribution in [2.75, 3.05) is 0 Å². The monoisotopic (exact) mass is 338 g/mol. The average Bonchev–Trinajstić information content (AvgIpc) is 2.45. The molecule has 2 N–H and O–H groups in total. The first-order valence-corrected chi connectivity index (χ1v) is 8.19. The van der Waals surface area contributed by atoms with Crippen LogP contribution < -0.4 is 0 Å². The van der Waals surface area contributed by atoms with Crippen LogP contribution in [0.5, 0.6) is 0 Å². The topological polar surface area (TPSA) is 83.8 Å². The molecule has 0 aliphatic carbocycles. The summed E-state index contributed by atoms with van der Waals surface area (Å²) >= 11 is 0. The first-order chi connectivity index (χ1) is 11.0. The number of allylic oxidation sites excluding steroid dienone is 4. The number of hydrogen-bond donors (Lipinski definition) is 2. The van der Waals surface area contributed by atoms with E-state index in [2.05, 4.69) is 0 Å². The van der Waals surface area contributed by atoms with Crippen LogP contribution in [0.1, 0.15) is 53.9 Å². The fourth-order valence-electron chi connectivity index (χ4n) is 1.81. The lowest BCUT2D eigenvalue weighted by Gasteiger charge is -2.24. The molecule has 0 aliphatic rings. The van der Waals surface area contributed by atoms with E-state index in [0.717, 1.165) is 0 Å². The Bertz CT molecular complexity index is 494. The summed E-state index contributed by atoms with van der Waals surface area (Å²) in [4.78, 5) is 22.4. The third-order valence-corrected chi connectivity index (χ3v) is 2.99. The summed E-state index contributed by atoms with van der Waals surface area (Å²) < 4.78 is 5.39. The molecule has 0 radical (unpaired) electrons. The van der Waals surface area contributed by atoms with Gasteiger partial charge < -0.3 is 14.9 Å². The van der Waals surface area contributed by atoms with Gasteiger partial charge in [-0.15, -0.1) is 0 Å². The van der Waals surface area contributed by atoms with E-state index in [1.807, 2.05) is 20.8 Å². The molecule has 0 aromatic rings. The largest absolute Gasteiger partial charge is 0.388 e. The van der Waals surface area contributed by atoms with Crippen LogP contribution in [0.15, 0.2) is 36.0 Å². The van der Waals surface area contributed by atoms with Gasteiger partial charge in [-0.2, -0.15) is 0 Å². The summed E-state index contributed by atoms with van der Waals surface area (Å²) in [6.07, 6.45) is 6.51. The van der Waals surface area contributed by atoms with E-state index in [9.17, 15) is 19.8 Å². The molecular weight excluding hydrogens is 308 g/mol. The van der Waals surface area contributed by atoms with Gasteiger partial charge in [-0.25, -0.2) is 0 Å². The second kappa shape index (κ2) is 11.1. The van der Waals surface area contributed by atoms with Gasteiger partial charge in [-0.05, 0) is 51.8 Å². The molecule has 24 heavy (non-hydrogen) atoms. The molecule has 0 amide bonds. The van der Waals surface area contributed by atoms with Crippen molar-refractivity contribution >= 4 is 11.6 Å². The van der Waals surface area contributed by atoms with E-state index >= 15 is 0 Å². The number of ketones is 2. The van der Waals surface area contributed by atoms with Crippen LogP contribution in [0.3, 0.4) is 0 Å². The summed E-state index contributed by atoms with van der Waals surface area (Å²) in [6.45, 7) is 8.69. The number of hydrogen-bond acceptors (Lipinski definition) is 5. The Balaban J connectivity index is 4.88. The van der Waals surface area contributed by atoms with Crippen LogP contribution in [0.2, 0.25) is 0 Å². The Morgan fingerprint density at radius 3 is 2.21 bits per heavy atom. The summed E-state index contributed by atoms with van der Waals surface area (Å²) in [5.41, 5.74) is 0.0224. The van der Waals surface area contributed by atoms with Crippen molar-refractivity contribution in [2.24, 2.45) is 0 Å². The minimum Gasteiger partial charge on any atom is -0.388 e. The van der Waals surface area contributed by atoms with Crippen molar-refractivity contribution in [2.45, 2.75) is 71.9 Å². The molecule has 5 heteroatoms. The third kappa shape index (κ3) is 11.9. The molecule has 0 aliphatic heterocycles. The van der Waals surface area contributed by atoms with Gasteiger partial charge in [0.1, 0.15) is 0 Å². The lowest BCUT2D eigenvalue weighted by molar-refractivity contribution is -0.170. The Kier molecular flexibility index (Phi) is 10.4. The van der Waals surface area contributed by atoms with Crippen LogP contribution in [-0.4, -0.2) is 39.8 Å². The molecule has 0 spiro atoms. The van der Waals surface area contributed by atoms with Gasteiger partial charge in [0.15, 0.2) is 17.9 Å². The van der Waals surface area contributed by atoms with E-state index in [0.29, 0.717) is 12.0 Å². The van der Waals surface area contributed by atoms with Crippen molar-refractivity contribution in [3.05, 3.63) is 36.0 Å². The SMILES string of the molecule is CCC(=O)/C=C/C=C(\C=C\C(C)=O)C(O)CCC(O)OC(C)(C)C. The number of ether oxygens (including phenoxy) is 1. The minimum absolute atomic E-state index is 0.0235. The van der Waals surface area contributed by atoms with Crippen LogP contribution in [-0.2, 0) is 14.3 Å². The molecule has 0 rings (SSSR count). The molecule has 2 unspecified atom stereocenters. The molecule has 0 aromatic carbocycles. The molecule has 0 aromatic heterocycles. The molecular formula is C19H30O5. The molecule has 0 heterocycles. The zero-order chi connectivity index (χ0) is 18.8. The number of rotatable bonds is 10. The van der Waals surface area contributed by atoms with Gasteiger partial charge in [0.25, 0.3) is 0 Å². The van der Waals surface area contributed by atoms with Gasteiger partial charge in [0, 0.05) is 12.8 Å². The zero-order valence-electron chi connectivity index (χ0n) is 15.3. The predicted octanol–water partition coefficient (Wildman–Crippen LogP) is 2.87. The number of carbonyl (C=O) groups excluding carboxylic acids is 2. The van der Waals surface area contributed by atoms with E-state index in [4.69, 9.17) is 4.74 Å². The fourth-order valence-corrected chi connectivity index (χ4v) is 1.81. The normalized spacial score (nSPS) is 15.9. The van der Waals surface area contributed by atoms with Crippen LogP contribution in [0.25, 0.3) is 0 Å². The van der Waals surface area contributed by atoms with Gasteiger partial charge >= 0.3 is 0 Å². The smallest absolute Gasteiger partial charge is 0.155 e. The maximum Gasteiger partial charge on any atom is 0.155 e. The standard InChI is InChI=1S/C19H30O5/c1-6-16(21)9-7-8-15(11-10-14(2)20)17(22)12-13-18(23)24-19(3,4)5/h7-11,17-18,22-23H,6,12-13H2,1-5H3/b9-7+,11-10+,15-8+. The molecule has 5 nitrogen and oxygen atoms in total. The van der Waals surface area contributed by atoms with Crippen molar-refractivity contribution in [1.29, 1.82) is 0 Å². The molecule has 0 saturated heterocycles. The Labute approximate surface area is 144 Å². The predicted molar refractivity (Wildman–Crippen MR) is 94.4 cm³/mol. The van der Waals surface area contributed by atoms with Gasteiger partial charge in [-0.3, -0.25) is 9.59 Å². The quantitative estimate of drug-likeness (QED) is 0.363. The molecule has 2 atom stereocenters. The summed E-state index contributed by atoms with van der Waals surface area (Å²) in [5.74, 6) is -0.164. The van der Waals surface area contributed by atoms with Gasteiger partial charge in [-0.1, -0.05) is 25.2 Å². The Morgan fingerprint density at radius 2 is 1.71 bits per heavy atom. The van der Waals surface area contributed by atoms with Gasteiger partial charge in [0.2, 0.25) is 0 Å². The minimum atomic E-state index is -0.977. The number of carbonyl (C=O) groups is 2.